The predicted molar refractivity (Wildman–Crippen MR) is 229 cm³/mol. The van der Waals surface area contributed by atoms with Crippen LogP contribution in [-0.2, 0) is 42.7 Å². The van der Waals surface area contributed by atoms with E-state index >= 15 is 0 Å². The lowest BCUT2D eigenvalue weighted by Crippen LogP contribution is -2.61. The molecule has 354 valence electrons. The van der Waals surface area contributed by atoms with Gasteiger partial charge in [-0.15, -0.1) is 0 Å². The van der Waals surface area contributed by atoms with Crippen LogP contribution in [0.5, 0.6) is 0 Å². The zero-order valence-corrected chi connectivity index (χ0v) is 39.5. The van der Waals surface area contributed by atoms with Crippen LogP contribution in [-0.4, -0.2) is 174 Å². The maximum Gasteiger partial charge on any atom is 0.311 e. The first-order valence-electron chi connectivity index (χ1n) is 22.9. The molecule has 0 aromatic carbocycles. The molecule has 0 unspecified atom stereocenters. The van der Waals surface area contributed by atoms with Gasteiger partial charge in [0.25, 0.3) is 0 Å². The standard InChI is InChI=1S/C46H82N2O13/c1-14-34-46(10,54)39(51)29(4)36(49)27(2)25-45(9,56-13)41(30(5)38(31(6)42(53)59-34)60-35-26-44(8,55-12)40(52)32(7)58-35)61-43-37(50)33(24-28(3)57-43)47(11)20-18-19-23-48-21-16-15-17-22-48/h18-19,27-35,37-41,43,50-52,54H,14-17,20-26H2,1-13H3/b19-18+/t27-,28-,29+,30+,31-,32+,33+,34-,35+,37-,38+,39-,40+,41-,43+,44-,45+,46-/m1/s1. The van der Waals surface area contributed by atoms with Gasteiger partial charge in [0.2, 0.25) is 0 Å². The number of likely N-dealkylation sites (N-methyl/N-ethyl adjacent to an activating group) is 1. The van der Waals surface area contributed by atoms with Crippen LogP contribution in [0.4, 0.5) is 0 Å². The lowest BCUT2D eigenvalue weighted by atomic mass is 9.74. The van der Waals surface area contributed by atoms with Crippen LogP contribution in [0, 0.1) is 23.7 Å². The van der Waals surface area contributed by atoms with Crippen molar-refractivity contribution >= 4 is 11.8 Å². The van der Waals surface area contributed by atoms with Crippen LogP contribution in [0.15, 0.2) is 12.2 Å². The average molecular weight is 871 g/mol. The topological polar surface area (TPSA) is 186 Å². The number of likely N-dealkylation sites (tertiary alicyclic amines) is 1. The Balaban J connectivity index is 1.76. The van der Waals surface area contributed by atoms with Crippen molar-refractivity contribution in [1.82, 2.24) is 9.80 Å². The Bertz CT molecular complexity index is 1430. The van der Waals surface area contributed by atoms with Gasteiger partial charge < -0.3 is 53.6 Å². The predicted octanol–water partition coefficient (Wildman–Crippen LogP) is 3.85. The highest BCUT2D eigenvalue weighted by molar-refractivity contribution is 5.83. The molecule has 4 N–H and O–H groups in total. The monoisotopic (exact) mass is 871 g/mol. The number of aliphatic hydroxyl groups excluding tert-OH is 3. The first-order chi connectivity index (χ1) is 28.5. The number of piperidine rings is 1. The summed E-state index contributed by atoms with van der Waals surface area (Å²) >= 11 is 0. The van der Waals surface area contributed by atoms with Gasteiger partial charge in [-0.2, -0.15) is 0 Å². The van der Waals surface area contributed by atoms with Gasteiger partial charge in [-0.25, -0.2) is 0 Å². The molecule has 0 radical (unpaired) electrons. The highest BCUT2D eigenvalue weighted by Gasteiger charge is 2.54. The van der Waals surface area contributed by atoms with Crippen molar-refractivity contribution < 1.29 is 63.2 Å². The quantitative estimate of drug-likeness (QED) is 0.164. The second kappa shape index (κ2) is 22.1. The summed E-state index contributed by atoms with van der Waals surface area (Å²) in [4.78, 5) is 33.1. The van der Waals surface area contributed by atoms with Crippen molar-refractivity contribution in [2.45, 2.75) is 198 Å². The number of nitrogens with zero attached hydrogens (tertiary/aromatic N) is 2. The average Bonchev–Trinajstić information content (AvgIpc) is 3.23. The van der Waals surface area contributed by atoms with Crippen LogP contribution in [0.25, 0.3) is 0 Å². The van der Waals surface area contributed by atoms with Crippen molar-refractivity contribution in [1.29, 1.82) is 0 Å². The summed E-state index contributed by atoms with van der Waals surface area (Å²) in [5.74, 6) is -4.52. The minimum Gasteiger partial charge on any atom is -0.459 e. The SMILES string of the molecule is CC[C@H]1OC(=O)[C@H](C)[C@@H](O[C@H]2C[C@@](C)(OC)[C@@H](O)[C@H](C)O2)[C@H](C)[C@@H](O[C@@H]2O[C@H](C)C[C@H](N(C)C/C=C/CN3CCCCC3)[C@H]2O)[C@@](C)(OC)C[C@@H](C)C(=O)[C@H](C)[C@@H](O)[C@]1(C)O. The molecule has 0 bridgehead atoms. The van der Waals surface area contributed by atoms with Gasteiger partial charge in [-0.3, -0.25) is 19.4 Å². The van der Waals surface area contributed by atoms with Gasteiger partial charge in [0.05, 0.1) is 47.6 Å². The number of methoxy groups -OCH3 is 2. The van der Waals surface area contributed by atoms with E-state index in [1.54, 1.807) is 41.5 Å². The fraction of sp³-hybridized carbons (Fsp3) is 0.913. The van der Waals surface area contributed by atoms with Gasteiger partial charge in [-0.1, -0.05) is 46.3 Å². The number of esters is 1. The molecule has 4 aliphatic heterocycles. The Morgan fingerprint density at radius 1 is 0.852 bits per heavy atom. The molecule has 15 nitrogen and oxygen atoms in total. The summed E-state index contributed by atoms with van der Waals surface area (Å²) < 4.78 is 44.6. The molecule has 4 rings (SSSR count). The second-order valence-corrected chi connectivity index (χ2v) is 19.4. The van der Waals surface area contributed by atoms with E-state index < -0.39 is 102 Å². The van der Waals surface area contributed by atoms with Crippen molar-refractivity contribution in [2.24, 2.45) is 23.7 Å². The van der Waals surface area contributed by atoms with Crippen LogP contribution < -0.4 is 0 Å². The van der Waals surface area contributed by atoms with Crippen LogP contribution >= 0.6 is 0 Å². The number of cyclic esters (lactones) is 1. The summed E-state index contributed by atoms with van der Waals surface area (Å²) in [6.45, 7) is 20.9. The van der Waals surface area contributed by atoms with Crippen LogP contribution in [0.3, 0.4) is 0 Å². The normalized spacial score (nSPS) is 45.5. The van der Waals surface area contributed by atoms with Crippen LogP contribution in [0.2, 0.25) is 0 Å². The summed E-state index contributed by atoms with van der Waals surface area (Å²) in [6, 6.07) is -0.325. The number of rotatable bonds is 12. The Labute approximate surface area is 365 Å². The Kier molecular flexibility index (Phi) is 18.8. The van der Waals surface area contributed by atoms with Gasteiger partial charge in [0.15, 0.2) is 12.6 Å². The molecule has 0 aromatic heterocycles. The largest absolute Gasteiger partial charge is 0.459 e. The van der Waals surface area contributed by atoms with E-state index in [1.165, 1.54) is 40.4 Å². The number of hydrogen-bond donors (Lipinski definition) is 4. The van der Waals surface area contributed by atoms with E-state index in [1.807, 2.05) is 27.8 Å². The van der Waals surface area contributed by atoms with E-state index in [0.29, 0.717) is 13.0 Å². The molecule has 0 aliphatic carbocycles. The second-order valence-electron chi connectivity index (χ2n) is 19.4. The third-order valence-corrected chi connectivity index (χ3v) is 14.5. The maximum absolute atomic E-state index is 14.4. The third kappa shape index (κ3) is 12.2. The van der Waals surface area contributed by atoms with E-state index in [9.17, 15) is 30.0 Å². The molecular weight excluding hydrogens is 789 g/mol. The number of aliphatic hydroxyl groups is 4. The molecule has 0 amide bonds. The molecule has 4 aliphatic rings. The van der Waals surface area contributed by atoms with Crippen molar-refractivity contribution in [3.05, 3.63) is 12.2 Å². The Hall–Kier alpha value is -1.60. The summed E-state index contributed by atoms with van der Waals surface area (Å²) in [7, 11) is 5.02. The van der Waals surface area contributed by atoms with Gasteiger partial charge in [0.1, 0.15) is 29.7 Å². The molecular formula is C46H82N2O13. The molecule has 0 saturated carbocycles. The van der Waals surface area contributed by atoms with Crippen molar-refractivity contribution in [3.63, 3.8) is 0 Å². The number of ketones is 1. The van der Waals surface area contributed by atoms with Crippen molar-refractivity contribution in [3.8, 4) is 0 Å². The third-order valence-electron chi connectivity index (χ3n) is 14.5. The minimum absolute atomic E-state index is 0.105. The number of Topliss-reactive ketones (excluding diaryl/α,β-unsaturated/α-hetero) is 1. The van der Waals surface area contributed by atoms with Gasteiger partial charge >= 0.3 is 5.97 Å². The maximum atomic E-state index is 14.4. The highest BCUT2D eigenvalue weighted by atomic mass is 16.7. The molecule has 61 heavy (non-hydrogen) atoms. The molecule has 0 aromatic rings. The number of carbonyl (C=O) groups excluding carboxylic acids is 2. The van der Waals surface area contributed by atoms with Gasteiger partial charge in [-0.05, 0) is 93.8 Å². The van der Waals surface area contributed by atoms with E-state index in [4.69, 9.17) is 33.2 Å². The van der Waals surface area contributed by atoms with Gasteiger partial charge in [0, 0.05) is 57.5 Å². The minimum atomic E-state index is -1.97. The molecule has 15 heteroatoms. The molecule has 4 saturated heterocycles. The summed E-state index contributed by atoms with van der Waals surface area (Å²) in [6.07, 6.45) is -0.864. The van der Waals surface area contributed by atoms with E-state index in [-0.39, 0.29) is 37.2 Å². The van der Waals surface area contributed by atoms with E-state index in [2.05, 4.69) is 22.0 Å². The highest BCUT2D eigenvalue weighted by Crippen LogP contribution is 2.42. The van der Waals surface area contributed by atoms with Crippen molar-refractivity contribution in [2.75, 3.05) is 47.4 Å². The Morgan fingerprint density at radius 2 is 1.49 bits per heavy atom. The first kappa shape index (κ1) is 52.0. The fourth-order valence-electron chi connectivity index (χ4n) is 10.3. The summed E-state index contributed by atoms with van der Waals surface area (Å²) in [5, 5.41) is 46.4. The molecule has 18 atom stereocenters. The molecule has 0 spiro atoms. The lowest BCUT2D eigenvalue weighted by Gasteiger charge is -2.50. The van der Waals surface area contributed by atoms with E-state index in [0.717, 1.165) is 19.6 Å². The zero-order valence-electron chi connectivity index (χ0n) is 39.5. The van der Waals surface area contributed by atoms with Crippen LogP contribution in [0.1, 0.15) is 114 Å². The first-order valence-corrected chi connectivity index (χ1v) is 22.9. The molecule has 4 fully saturated rings. The summed E-state index contributed by atoms with van der Waals surface area (Å²) in [5.41, 5.74) is -4.29. The fourth-order valence-corrected chi connectivity index (χ4v) is 10.3. The smallest absolute Gasteiger partial charge is 0.311 e. The Morgan fingerprint density at radius 3 is 2.10 bits per heavy atom. The zero-order chi connectivity index (χ0) is 45.6. The number of hydrogen-bond acceptors (Lipinski definition) is 15. The lowest BCUT2D eigenvalue weighted by molar-refractivity contribution is -0.319. The molecule has 4 heterocycles. The number of ether oxygens (including phenoxy) is 7. The number of carbonyl (C=O) groups is 2.